The van der Waals surface area contributed by atoms with E-state index in [1.54, 1.807) is 11.8 Å². The smallest absolute Gasteiger partial charge is 0.138 e. The maximum absolute atomic E-state index is 5.09. The van der Waals surface area contributed by atoms with Crippen molar-refractivity contribution in [1.82, 2.24) is 9.80 Å². The molecule has 0 bridgehead atoms. The van der Waals surface area contributed by atoms with E-state index in [9.17, 15) is 0 Å². The molecule has 0 radical (unpaired) electrons. The van der Waals surface area contributed by atoms with Gasteiger partial charge in [-0.05, 0) is 6.54 Å². The topological polar surface area (TPSA) is 6.48 Å². The third kappa shape index (κ3) is 1.84. The van der Waals surface area contributed by atoms with Crippen LogP contribution >= 0.6 is 24.0 Å². The molecule has 0 aromatic heterocycles. The molecule has 0 amide bonds. The lowest BCUT2D eigenvalue weighted by Crippen LogP contribution is -2.42. The lowest BCUT2D eigenvalue weighted by Gasteiger charge is -2.33. The molecule has 1 aliphatic heterocycles. The number of rotatable bonds is 1. The van der Waals surface area contributed by atoms with Gasteiger partial charge < -0.3 is 4.90 Å². The minimum absolute atomic E-state index is 0.988. The van der Waals surface area contributed by atoms with Crippen molar-refractivity contribution in [3.05, 3.63) is 0 Å². The molecular formula is C6H12N2S2. The second-order valence-corrected chi connectivity index (χ2v) is 3.94. The molecular weight excluding hydrogens is 164 g/mol. The van der Waals surface area contributed by atoms with E-state index < -0.39 is 0 Å². The van der Waals surface area contributed by atoms with Crippen molar-refractivity contribution < 1.29 is 0 Å². The monoisotopic (exact) mass is 176 g/mol. The number of nitrogens with zero attached hydrogens (tertiary/aromatic N) is 2. The van der Waals surface area contributed by atoms with Gasteiger partial charge in [-0.1, -0.05) is 30.9 Å². The summed E-state index contributed by atoms with van der Waals surface area (Å²) < 4.78 is 1.02. The molecule has 0 unspecified atom stereocenters. The van der Waals surface area contributed by atoms with E-state index in [-0.39, 0.29) is 0 Å². The number of hydrogen-bond donors (Lipinski definition) is 0. The predicted octanol–water partition coefficient (Wildman–Crippen LogP) is 1.19. The summed E-state index contributed by atoms with van der Waals surface area (Å²) in [5.74, 6) is 1.06. The zero-order chi connectivity index (χ0) is 7.56. The van der Waals surface area contributed by atoms with Crippen molar-refractivity contribution >= 4 is 28.3 Å². The van der Waals surface area contributed by atoms with E-state index in [0.717, 1.165) is 23.4 Å². The van der Waals surface area contributed by atoms with Crippen LogP contribution in [0.4, 0.5) is 0 Å². The van der Waals surface area contributed by atoms with Gasteiger partial charge >= 0.3 is 0 Å². The van der Waals surface area contributed by atoms with Crippen LogP contribution in [0.1, 0.15) is 6.92 Å². The van der Waals surface area contributed by atoms with Crippen molar-refractivity contribution in [2.45, 2.75) is 6.92 Å². The van der Waals surface area contributed by atoms with Crippen LogP contribution in [0.25, 0.3) is 0 Å². The van der Waals surface area contributed by atoms with Gasteiger partial charge in [0.05, 0.1) is 12.5 Å². The molecule has 0 N–H and O–H groups in total. The highest BCUT2D eigenvalue weighted by atomic mass is 32.2. The van der Waals surface area contributed by atoms with Crippen molar-refractivity contribution in [2.24, 2.45) is 0 Å². The predicted molar refractivity (Wildman–Crippen MR) is 50.1 cm³/mol. The summed E-state index contributed by atoms with van der Waals surface area (Å²) in [6, 6.07) is 0. The van der Waals surface area contributed by atoms with E-state index in [0.29, 0.717) is 0 Å². The summed E-state index contributed by atoms with van der Waals surface area (Å²) >= 11 is 6.83. The summed E-state index contributed by atoms with van der Waals surface area (Å²) in [6.07, 6.45) is 0. The van der Waals surface area contributed by atoms with Crippen LogP contribution in [0, 0.1) is 0 Å². The van der Waals surface area contributed by atoms with Gasteiger partial charge in [-0.3, -0.25) is 4.90 Å². The van der Waals surface area contributed by atoms with Crippen molar-refractivity contribution in [1.29, 1.82) is 0 Å². The highest BCUT2D eigenvalue weighted by Crippen LogP contribution is 2.15. The second kappa shape index (κ2) is 3.55. The molecule has 1 fully saturated rings. The molecule has 0 atom stereocenters. The van der Waals surface area contributed by atoms with Crippen molar-refractivity contribution in [3.8, 4) is 0 Å². The van der Waals surface area contributed by atoms with Gasteiger partial charge in [-0.15, -0.1) is 0 Å². The Bertz CT molecular complexity index is 138. The minimum Gasteiger partial charge on any atom is -0.348 e. The van der Waals surface area contributed by atoms with E-state index in [4.69, 9.17) is 12.2 Å². The Kier molecular flexibility index (Phi) is 2.95. The number of thioether (sulfide) groups is 1. The highest BCUT2D eigenvalue weighted by molar-refractivity contribution is 8.22. The van der Waals surface area contributed by atoms with E-state index in [2.05, 4.69) is 16.7 Å². The van der Waals surface area contributed by atoms with Gasteiger partial charge in [0.2, 0.25) is 0 Å². The Morgan fingerprint density at radius 1 is 1.70 bits per heavy atom. The summed E-state index contributed by atoms with van der Waals surface area (Å²) in [5, 5.41) is 0. The molecule has 0 aromatic carbocycles. The first-order chi connectivity index (χ1) is 4.74. The fourth-order valence-corrected chi connectivity index (χ4v) is 1.90. The van der Waals surface area contributed by atoms with Crippen LogP contribution in [0.2, 0.25) is 0 Å². The Labute approximate surface area is 71.6 Å². The SMILES string of the molecule is CCN1CSC(=S)N(C)C1. The lowest BCUT2D eigenvalue weighted by atomic mass is 10.6. The molecule has 0 aromatic rings. The lowest BCUT2D eigenvalue weighted by molar-refractivity contribution is 0.244. The third-order valence-corrected chi connectivity index (χ3v) is 3.26. The minimum atomic E-state index is 0.988. The average Bonchev–Trinajstić information content (AvgIpc) is 1.95. The van der Waals surface area contributed by atoms with Crippen LogP contribution in [0.3, 0.4) is 0 Å². The second-order valence-electron chi connectivity index (χ2n) is 2.37. The molecule has 0 spiro atoms. The van der Waals surface area contributed by atoms with E-state index >= 15 is 0 Å². The fourth-order valence-electron chi connectivity index (χ4n) is 0.847. The first-order valence-corrected chi connectivity index (χ1v) is 4.73. The molecule has 1 heterocycles. The van der Waals surface area contributed by atoms with Gasteiger partial charge in [-0.25, -0.2) is 0 Å². The first-order valence-electron chi connectivity index (χ1n) is 3.34. The molecule has 4 heteroatoms. The van der Waals surface area contributed by atoms with Crippen molar-refractivity contribution in [3.63, 3.8) is 0 Å². The van der Waals surface area contributed by atoms with Crippen LogP contribution in [-0.2, 0) is 0 Å². The van der Waals surface area contributed by atoms with Crippen molar-refractivity contribution in [2.75, 3.05) is 26.1 Å². The third-order valence-electron chi connectivity index (χ3n) is 1.54. The summed E-state index contributed by atoms with van der Waals surface area (Å²) in [4.78, 5) is 4.45. The number of hydrogen-bond acceptors (Lipinski definition) is 3. The molecule has 1 aliphatic rings. The highest BCUT2D eigenvalue weighted by Gasteiger charge is 2.15. The Hall–Kier alpha value is 0.200. The molecule has 1 saturated heterocycles. The Balaban J connectivity index is 2.40. The quantitative estimate of drug-likeness (QED) is 0.553. The normalized spacial score (nSPS) is 21.8. The zero-order valence-corrected chi connectivity index (χ0v) is 7.97. The van der Waals surface area contributed by atoms with Crippen LogP contribution < -0.4 is 0 Å². The fraction of sp³-hybridized carbons (Fsp3) is 0.833. The van der Waals surface area contributed by atoms with Gasteiger partial charge in [0, 0.05) is 7.05 Å². The maximum Gasteiger partial charge on any atom is 0.138 e. The van der Waals surface area contributed by atoms with Gasteiger partial charge in [0.1, 0.15) is 4.32 Å². The summed E-state index contributed by atoms with van der Waals surface area (Å²) in [6.45, 7) is 4.27. The molecule has 10 heavy (non-hydrogen) atoms. The van der Waals surface area contributed by atoms with Crippen LogP contribution in [-0.4, -0.2) is 40.3 Å². The maximum atomic E-state index is 5.09. The molecule has 1 rings (SSSR count). The number of thiocarbonyl (C=S) groups is 1. The first kappa shape index (κ1) is 8.30. The Morgan fingerprint density at radius 3 is 2.90 bits per heavy atom. The Morgan fingerprint density at radius 2 is 2.40 bits per heavy atom. The van der Waals surface area contributed by atoms with E-state index in [1.807, 2.05) is 7.05 Å². The van der Waals surface area contributed by atoms with E-state index in [1.165, 1.54) is 0 Å². The van der Waals surface area contributed by atoms with Gasteiger partial charge in [0.15, 0.2) is 0 Å². The largest absolute Gasteiger partial charge is 0.348 e. The summed E-state index contributed by atoms with van der Waals surface area (Å²) in [5.41, 5.74) is 0. The molecule has 0 aliphatic carbocycles. The van der Waals surface area contributed by atoms with Gasteiger partial charge in [0.25, 0.3) is 0 Å². The standard InChI is InChI=1S/C6H12N2S2/c1-3-8-4-7(2)6(9)10-5-8/h3-5H2,1-2H3. The molecule has 2 nitrogen and oxygen atoms in total. The average molecular weight is 176 g/mol. The van der Waals surface area contributed by atoms with Crippen LogP contribution in [0.15, 0.2) is 0 Å². The zero-order valence-electron chi connectivity index (χ0n) is 6.33. The molecule has 0 saturated carbocycles. The summed E-state index contributed by atoms with van der Waals surface area (Å²) in [7, 11) is 2.04. The van der Waals surface area contributed by atoms with Crippen LogP contribution in [0.5, 0.6) is 0 Å². The van der Waals surface area contributed by atoms with Gasteiger partial charge in [-0.2, -0.15) is 0 Å². The molecule has 58 valence electrons.